The van der Waals surface area contributed by atoms with Gasteiger partial charge in [-0.05, 0) is 48.4 Å². The van der Waals surface area contributed by atoms with Gasteiger partial charge in [0.05, 0.1) is 16.0 Å². The zero-order valence-corrected chi connectivity index (χ0v) is 15.9. The number of nitrogens with zero attached hydrogens (tertiary/aromatic N) is 2. The van der Waals surface area contributed by atoms with Crippen LogP contribution in [0.5, 0.6) is 0 Å². The van der Waals surface area contributed by atoms with E-state index in [0.717, 1.165) is 23.4 Å². The first-order chi connectivity index (χ1) is 13.0. The number of sulfone groups is 1. The van der Waals surface area contributed by atoms with Crippen molar-refractivity contribution >= 4 is 15.7 Å². The third kappa shape index (κ3) is 3.20. The molecule has 0 saturated carbocycles. The Balaban J connectivity index is 1.59. The van der Waals surface area contributed by atoms with E-state index in [0.29, 0.717) is 20.8 Å². The van der Waals surface area contributed by atoms with E-state index in [-0.39, 0.29) is 0 Å². The van der Waals surface area contributed by atoms with Crippen molar-refractivity contribution in [3.05, 3.63) is 96.5 Å². The minimum Gasteiger partial charge on any atom is -0.219 e. The number of fused-ring (bicyclic) bond motifs is 1. The summed E-state index contributed by atoms with van der Waals surface area (Å²) in [6.45, 7) is 2.74. The van der Waals surface area contributed by atoms with Gasteiger partial charge in [0.15, 0.2) is 0 Å². The van der Waals surface area contributed by atoms with E-state index in [1.165, 1.54) is 0 Å². The smallest absolute Gasteiger partial charge is 0.219 e. The highest BCUT2D eigenvalue weighted by Gasteiger charge is 2.33. The van der Waals surface area contributed by atoms with Crippen molar-refractivity contribution in [3.63, 3.8) is 0 Å². The first-order valence-corrected chi connectivity index (χ1v) is 10.4. The number of rotatable bonds is 5. The lowest BCUT2D eigenvalue weighted by atomic mass is 10.1. The first-order valence-electron chi connectivity index (χ1n) is 8.96. The molecule has 0 radical (unpaired) electrons. The molecule has 0 aromatic heterocycles. The van der Waals surface area contributed by atoms with E-state index in [4.69, 9.17) is 0 Å². The van der Waals surface area contributed by atoms with Crippen LogP contribution >= 0.6 is 0 Å². The molecule has 4 nitrogen and oxygen atoms in total. The van der Waals surface area contributed by atoms with Crippen LogP contribution in [0.25, 0.3) is 0 Å². The molecule has 136 valence electrons. The second-order valence-corrected chi connectivity index (χ2v) is 8.67. The molecule has 2 aliphatic rings. The number of aryl methyl sites for hydroxylation is 1. The highest BCUT2D eigenvalue weighted by Crippen LogP contribution is 2.27. The number of hydrogen-bond acceptors (Lipinski definition) is 3. The minimum atomic E-state index is -3.50. The van der Waals surface area contributed by atoms with Crippen LogP contribution in [0.15, 0.2) is 100 Å². The summed E-state index contributed by atoms with van der Waals surface area (Å²) in [6, 6.07) is 14.3. The zero-order chi connectivity index (χ0) is 18.9. The maximum Gasteiger partial charge on any atom is 0.237 e. The number of quaternary nitrogens is 1. The molecule has 0 N–H and O–H groups in total. The highest BCUT2D eigenvalue weighted by atomic mass is 32.2. The summed E-state index contributed by atoms with van der Waals surface area (Å²) >= 11 is 0. The summed E-state index contributed by atoms with van der Waals surface area (Å²) in [5.41, 5.74) is 2.17. The predicted octanol–water partition coefficient (Wildman–Crippen LogP) is 4.37. The Kier molecular flexibility index (Phi) is 4.42. The average Bonchev–Trinajstić information content (AvgIpc) is 3.12. The minimum absolute atomic E-state index is 0.315. The molecule has 2 aliphatic heterocycles. The van der Waals surface area contributed by atoms with Crippen molar-refractivity contribution in [3.8, 4) is 0 Å². The molecular formula is C22H21N2O2S+. The van der Waals surface area contributed by atoms with E-state index in [1.807, 2.05) is 61.8 Å². The lowest BCUT2D eigenvalue weighted by molar-refractivity contribution is -0.743. The average molecular weight is 377 g/mol. The van der Waals surface area contributed by atoms with E-state index >= 15 is 0 Å². The normalized spacial score (nSPS) is 20.6. The molecule has 27 heavy (non-hydrogen) atoms. The molecular weight excluding hydrogens is 356 g/mol. The molecule has 5 heteroatoms. The molecule has 2 heterocycles. The highest BCUT2D eigenvalue weighted by molar-refractivity contribution is 7.91. The maximum absolute atomic E-state index is 12.9. The molecule has 0 fully saturated rings. The van der Waals surface area contributed by atoms with Crippen molar-refractivity contribution in [2.24, 2.45) is 4.99 Å². The van der Waals surface area contributed by atoms with E-state index in [9.17, 15) is 8.42 Å². The standard InChI is InChI=1S/C22H21N2O2S/c1-2-18-6-10-20(11-7-18)27(25,26)21-12-8-19(9-13-21)17-24-15-4-3-5-22(24)23-14-16-24/h3-16H,2,17H2,1H3/q+1. The van der Waals surface area contributed by atoms with Gasteiger partial charge in [-0.2, -0.15) is 4.99 Å². The Labute approximate surface area is 160 Å². The molecule has 2 aromatic rings. The number of amidine groups is 1. The topological polar surface area (TPSA) is 46.5 Å². The van der Waals surface area contributed by atoms with Crippen LogP contribution < -0.4 is 0 Å². The van der Waals surface area contributed by atoms with Crippen LogP contribution in [0.4, 0.5) is 0 Å². The summed E-state index contributed by atoms with van der Waals surface area (Å²) in [4.78, 5) is 5.06. The lowest BCUT2D eigenvalue weighted by Gasteiger charge is -2.28. The largest absolute Gasteiger partial charge is 0.237 e. The fourth-order valence-corrected chi connectivity index (χ4v) is 4.63. The summed E-state index contributed by atoms with van der Waals surface area (Å²) in [5, 5.41) is 0. The molecule has 4 rings (SSSR count). The molecule has 0 saturated heterocycles. The summed E-state index contributed by atoms with van der Waals surface area (Å²) in [6.07, 6.45) is 12.8. The SMILES string of the molecule is CCc1ccc(S(=O)(=O)c2ccc(C[N+]34C=CC=CC3=NC=C4)cc2)cc1. The fraction of sp³-hybridized carbons (Fsp3) is 0.136. The third-order valence-electron chi connectivity index (χ3n) is 4.99. The fourth-order valence-electron chi connectivity index (χ4n) is 3.37. The molecule has 0 bridgehead atoms. The summed E-state index contributed by atoms with van der Waals surface area (Å²) in [7, 11) is -3.50. The molecule has 0 aliphatic carbocycles. The van der Waals surface area contributed by atoms with Crippen LogP contribution in [0, 0.1) is 0 Å². The Morgan fingerprint density at radius 1 is 0.852 bits per heavy atom. The Morgan fingerprint density at radius 2 is 1.48 bits per heavy atom. The zero-order valence-electron chi connectivity index (χ0n) is 15.1. The number of benzene rings is 2. The van der Waals surface area contributed by atoms with Gasteiger partial charge < -0.3 is 0 Å². The Bertz CT molecular complexity index is 1080. The van der Waals surface area contributed by atoms with Crippen LogP contribution in [-0.2, 0) is 22.8 Å². The van der Waals surface area contributed by atoms with Crippen molar-refractivity contribution in [1.29, 1.82) is 0 Å². The van der Waals surface area contributed by atoms with Crippen LogP contribution in [0.3, 0.4) is 0 Å². The second-order valence-electron chi connectivity index (χ2n) is 6.72. The summed E-state index contributed by atoms with van der Waals surface area (Å²) in [5.74, 6) is 0.963. The van der Waals surface area contributed by atoms with E-state index in [1.54, 1.807) is 24.3 Å². The van der Waals surface area contributed by atoms with Gasteiger partial charge in [-0.1, -0.05) is 31.2 Å². The lowest BCUT2D eigenvalue weighted by Crippen LogP contribution is -2.40. The third-order valence-corrected chi connectivity index (χ3v) is 6.78. The van der Waals surface area contributed by atoms with Gasteiger partial charge in [-0.25, -0.2) is 12.9 Å². The monoisotopic (exact) mass is 377 g/mol. The van der Waals surface area contributed by atoms with E-state index in [2.05, 4.69) is 11.2 Å². The van der Waals surface area contributed by atoms with Crippen molar-refractivity contribution in [1.82, 2.24) is 0 Å². The van der Waals surface area contributed by atoms with Crippen LogP contribution in [0.1, 0.15) is 18.1 Å². The Hall–Kier alpha value is -2.76. The van der Waals surface area contributed by atoms with Crippen molar-refractivity contribution < 1.29 is 12.9 Å². The number of hydrogen-bond donors (Lipinski definition) is 0. The van der Waals surface area contributed by atoms with Gasteiger partial charge in [0.2, 0.25) is 15.7 Å². The van der Waals surface area contributed by atoms with Crippen molar-refractivity contribution in [2.75, 3.05) is 0 Å². The van der Waals surface area contributed by atoms with Gasteiger partial charge in [0, 0.05) is 11.6 Å². The number of aliphatic imine (C=N–C) groups is 1. The van der Waals surface area contributed by atoms with Crippen molar-refractivity contribution in [2.45, 2.75) is 29.7 Å². The van der Waals surface area contributed by atoms with Crippen LogP contribution in [-0.4, -0.2) is 18.7 Å². The molecule has 1 atom stereocenters. The maximum atomic E-state index is 12.9. The molecule has 1 unspecified atom stereocenters. The first kappa shape index (κ1) is 17.6. The van der Waals surface area contributed by atoms with Gasteiger partial charge in [-0.3, -0.25) is 0 Å². The van der Waals surface area contributed by atoms with Crippen LogP contribution in [0.2, 0.25) is 0 Å². The summed E-state index contributed by atoms with van der Waals surface area (Å²) < 4.78 is 26.3. The Morgan fingerprint density at radius 3 is 2.11 bits per heavy atom. The molecule has 0 spiro atoms. The molecule has 0 amide bonds. The van der Waals surface area contributed by atoms with Gasteiger partial charge in [0.1, 0.15) is 18.9 Å². The van der Waals surface area contributed by atoms with Gasteiger partial charge >= 0.3 is 0 Å². The van der Waals surface area contributed by atoms with Gasteiger partial charge in [-0.15, -0.1) is 0 Å². The predicted molar refractivity (Wildman–Crippen MR) is 107 cm³/mol. The molecule has 2 aromatic carbocycles. The second kappa shape index (κ2) is 6.76. The number of allylic oxidation sites excluding steroid dienone is 2. The van der Waals surface area contributed by atoms with Gasteiger partial charge in [0.25, 0.3) is 0 Å². The van der Waals surface area contributed by atoms with E-state index < -0.39 is 9.84 Å². The quantitative estimate of drug-likeness (QED) is 0.727.